The zero-order valence-electron chi connectivity index (χ0n) is 18.1. The van der Waals surface area contributed by atoms with E-state index in [2.05, 4.69) is 63.2 Å². The van der Waals surface area contributed by atoms with Crippen LogP contribution in [-0.4, -0.2) is 9.97 Å². The van der Waals surface area contributed by atoms with Gasteiger partial charge in [0.05, 0.1) is 12.3 Å². The van der Waals surface area contributed by atoms with Crippen molar-refractivity contribution in [1.29, 1.82) is 0 Å². The Balaban J connectivity index is 1.55. The zero-order chi connectivity index (χ0) is 23.5. The van der Waals surface area contributed by atoms with Gasteiger partial charge in [0, 0.05) is 35.6 Å². The summed E-state index contributed by atoms with van der Waals surface area (Å²) in [6.07, 6.45) is 0. The molecule has 0 spiro atoms. The van der Waals surface area contributed by atoms with Gasteiger partial charge in [0.25, 0.3) is 0 Å². The second-order valence-corrected chi connectivity index (χ2v) is 10.3. The highest BCUT2D eigenvalue weighted by Crippen LogP contribution is 2.40. The number of hydrogen-bond acceptors (Lipinski definition) is 4. The summed E-state index contributed by atoms with van der Waals surface area (Å²) in [5, 5.41) is 3.40. The number of nitrogens with zero attached hydrogens (tertiary/aromatic N) is 3. The standard InChI is InChI=1S/C29H14BrN3OS/c1-31-19-13-17(12-18(30)15-19)27-26(33-29-28(32-27)22-7-2-4-8-23(22)34-29)16-10-11-21-20-6-3-5-9-24(20)35-25(21)14-16/h2-15H. The van der Waals surface area contributed by atoms with Crippen LogP contribution in [0.5, 0.6) is 0 Å². The number of thiophene rings is 1. The van der Waals surface area contributed by atoms with Crippen LogP contribution >= 0.6 is 27.3 Å². The van der Waals surface area contributed by atoms with Crippen molar-refractivity contribution in [2.24, 2.45) is 0 Å². The molecule has 0 fully saturated rings. The van der Waals surface area contributed by atoms with E-state index in [0.717, 1.165) is 38.0 Å². The van der Waals surface area contributed by atoms with Crippen LogP contribution in [0.4, 0.5) is 5.69 Å². The van der Waals surface area contributed by atoms with E-state index in [1.807, 2.05) is 36.4 Å². The predicted octanol–water partition coefficient (Wildman–Crippen LogP) is 9.39. The molecule has 0 amide bonds. The largest absolute Gasteiger partial charge is 0.436 e. The van der Waals surface area contributed by atoms with Crippen molar-refractivity contribution in [1.82, 2.24) is 9.97 Å². The van der Waals surface area contributed by atoms with Crippen LogP contribution in [0, 0.1) is 6.57 Å². The third-order valence-electron chi connectivity index (χ3n) is 6.15. The van der Waals surface area contributed by atoms with Gasteiger partial charge in [-0.2, -0.15) is 0 Å². The molecule has 0 saturated carbocycles. The molecule has 0 aliphatic rings. The number of hydrogen-bond donors (Lipinski definition) is 0. The van der Waals surface area contributed by atoms with Crippen LogP contribution in [0.15, 0.2) is 93.8 Å². The minimum Gasteiger partial charge on any atom is -0.436 e. The summed E-state index contributed by atoms with van der Waals surface area (Å²) >= 11 is 5.33. The van der Waals surface area contributed by atoms with E-state index in [-0.39, 0.29) is 0 Å². The first-order valence-corrected chi connectivity index (χ1v) is 12.6. The number of benzene rings is 4. The molecule has 4 nitrogen and oxygen atoms in total. The second-order valence-electron chi connectivity index (χ2n) is 8.29. The molecule has 7 rings (SSSR count). The SMILES string of the molecule is [C-]#[N+]c1cc(Br)cc(-c2nc3c(nc2-c2ccc4c(c2)sc2ccccc24)oc2ccccc23)c1. The maximum Gasteiger partial charge on any atom is 0.246 e. The summed E-state index contributed by atoms with van der Waals surface area (Å²) in [5.41, 5.74) is 5.74. The molecule has 6 heteroatoms. The summed E-state index contributed by atoms with van der Waals surface area (Å²) in [5.74, 6) is 0. The quantitative estimate of drug-likeness (QED) is 0.208. The average Bonchev–Trinajstić information content (AvgIpc) is 3.44. The highest BCUT2D eigenvalue weighted by molar-refractivity contribution is 9.10. The molecule has 164 valence electrons. The smallest absolute Gasteiger partial charge is 0.246 e. The van der Waals surface area contributed by atoms with Crippen LogP contribution in [0.1, 0.15) is 0 Å². The fraction of sp³-hybridized carbons (Fsp3) is 0. The maximum atomic E-state index is 7.53. The Kier molecular flexibility index (Phi) is 4.50. The summed E-state index contributed by atoms with van der Waals surface area (Å²) in [7, 11) is 0. The van der Waals surface area contributed by atoms with E-state index in [1.54, 1.807) is 17.4 Å². The summed E-state index contributed by atoms with van der Waals surface area (Å²) in [6.45, 7) is 7.53. The topological polar surface area (TPSA) is 43.3 Å². The van der Waals surface area contributed by atoms with Gasteiger partial charge >= 0.3 is 0 Å². The highest BCUT2D eigenvalue weighted by Gasteiger charge is 2.19. The van der Waals surface area contributed by atoms with Crippen molar-refractivity contribution in [3.05, 3.63) is 101 Å². The Bertz CT molecular complexity index is 2000. The summed E-state index contributed by atoms with van der Waals surface area (Å²) < 4.78 is 9.35. The molecule has 35 heavy (non-hydrogen) atoms. The Morgan fingerprint density at radius 1 is 0.743 bits per heavy atom. The van der Waals surface area contributed by atoms with Crippen LogP contribution in [-0.2, 0) is 0 Å². The molecular formula is C29H14BrN3OS. The van der Waals surface area contributed by atoms with Gasteiger partial charge in [0.2, 0.25) is 5.71 Å². The number of fused-ring (bicyclic) bond motifs is 6. The van der Waals surface area contributed by atoms with Crippen molar-refractivity contribution in [2.75, 3.05) is 0 Å². The zero-order valence-corrected chi connectivity index (χ0v) is 20.5. The second kappa shape index (κ2) is 7.74. The summed E-state index contributed by atoms with van der Waals surface area (Å²) in [6, 6.07) is 28.4. The van der Waals surface area contributed by atoms with E-state index >= 15 is 0 Å². The molecule has 0 saturated heterocycles. The molecule has 0 atom stereocenters. The van der Waals surface area contributed by atoms with Crippen LogP contribution in [0.25, 0.3) is 69.7 Å². The first-order valence-electron chi connectivity index (χ1n) is 11.0. The molecular weight excluding hydrogens is 518 g/mol. The number of aromatic nitrogens is 2. The molecule has 4 aromatic carbocycles. The maximum absolute atomic E-state index is 7.53. The van der Waals surface area contributed by atoms with Crippen molar-refractivity contribution >= 4 is 75.3 Å². The molecule has 0 aliphatic heterocycles. The molecule has 0 N–H and O–H groups in total. The minimum atomic E-state index is 0.502. The number of halogens is 1. The molecule has 3 heterocycles. The van der Waals surface area contributed by atoms with Gasteiger partial charge in [-0.25, -0.2) is 14.8 Å². The monoisotopic (exact) mass is 531 g/mol. The average molecular weight is 532 g/mol. The lowest BCUT2D eigenvalue weighted by atomic mass is 10.0. The first-order chi connectivity index (χ1) is 17.2. The lowest BCUT2D eigenvalue weighted by Gasteiger charge is -2.10. The predicted molar refractivity (Wildman–Crippen MR) is 147 cm³/mol. The third-order valence-corrected chi connectivity index (χ3v) is 7.74. The van der Waals surface area contributed by atoms with Crippen LogP contribution in [0.2, 0.25) is 0 Å². The van der Waals surface area contributed by atoms with Gasteiger partial charge in [-0.15, -0.1) is 11.3 Å². The van der Waals surface area contributed by atoms with E-state index in [0.29, 0.717) is 16.9 Å². The first kappa shape index (κ1) is 20.3. The Morgan fingerprint density at radius 2 is 1.51 bits per heavy atom. The molecule has 0 aliphatic carbocycles. The number of rotatable bonds is 2. The van der Waals surface area contributed by atoms with Crippen molar-refractivity contribution in [3.8, 4) is 22.5 Å². The van der Waals surface area contributed by atoms with E-state index < -0.39 is 0 Å². The Hall–Kier alpha value is -4.05. The van der Waals surface area contributed by atoms with Gasteiger partial charge in [-0.3, -0.25) is 0 Å². The van der Waals surface area contributed by atoms with Crippen molar-refractivity contribution in [2.45, 2.75) is 0 Å². The van der Waals surface area contributed by atoms with Crippen molar-refractivity contribution in [3.63, 3.8) is 0 Å². The van der Waals surface area contributed by atoms with Gasteiger partial charge < -0.3 is 4.42 Å². The normalized spacial score (nSPS) is 11.5. The fourth-order valence-corrected chi connectivity index (χ4v) is 6.20. The number of furan rings is 1. The molecule has 3 aromatic heterocycles. The lowest BCUT2D eigenvalue weighted by Crippen LogP contribution is -1.94. The molecule has 7 aromatic rings. The van der Waals surface area contributed by atoms with E-state index in [1.165, 1.54) is 20.2 Å². The van der Waals surface area contributed by atoms with Crippen molar-refractivity contribution < 1.29 is 4.42 Å². The Labute approximate surface area is 212 Å². The third kappa shape index (κ3) is 3.24. The van der Waals surface area contributed by atoms with Crippen LogP contribution < -0.4 is 0 Å². The molecule has 0 bridgehead atoms. The van der Waals surface area contributed by atoms with E-state index in [4.69, 9.17) is 21.0 Å². The van der Waals surface area contributed by atoms with E-state index in [9.17, 15) is 0 Å². The molecule has 0 radical (unpaired) electrons. The van der Waals surface area contributed by atoms with Gasteiger partial charge in [0.15, 0.2) is 5.69 Å². The lowest BCUT2D eigenvalue weighted by molar-refractivity contribution is 0.653. The highest BCUT2D eigenvalue weighted by atomic mass is 79.9. The summed E-state index contributed by atoms with van der Waals surface area (Å²) in [4.78, 5) is 13.7. The minimum absolute atomic E-state index is 0.502. The van der Waals surface area contributed by atoms with Gasteiger partial charge in [-0.1, -0.05) is 58.4 Å². The van der Waals surface area contributed by atoms with Crippen LogP contribution in [0.3, 0.4) is 0 Å². The molecule has 0 unspecified atom stereocenters. The Morgan fingerprint density at radius 3 is 2.40 bits per heavy atom. The van der Waals surface area contributed by atoms with Gasteiger partial charge in [-0.05, 0) is 48.0 Å². The fourth-order valence-electron chi connectivity index (χ4n) is 4.57. The number of para-hydroxylation sites is 1. The van der Waals surface area contributed by atoms with Gasteiger partial charge in [0.1, 0.15) is 16.8 Å².